The summed E-state index contributed by atoms with van der Waals surface area (Å²) in [6.45, 7) is 4.10. The highest BCUT2D eigenvalue weighted by Gasteiger charge is 2.36. The van der Waals surface area contributed by atoms with Crippen molar-refractivity contribution in [3.8, 4) is 0 Å². The maximum atomic E-state index is 13.4. The molecule has 0 fully saturated rings. The number of carbonyl (C=O) groups is 12. The summed E-state index contributed by atoms with van der Waals surface area (Å²) in [6, 6.07) is -15.5. The fourth-order valence-corrected chi connectivity index (χ4v) is 4.91. The van der Waals surface area contributed by atoms with Crippen molar-refractivity contribution in [1.82, 2.24) is 47.9 Å². The van der Waals surface area contributed by atoms with E-state index in [4.69, 9.17) is 10.2 Å². The van der Waals surface area contributed by atoms with Crippen molar-refractivity contribution in [2.45, 2.75) is 115 Å². The second kappa shape index (κ2) is 26.6. The largest absolute Gasteiger partial charge is 0.481 e. The fraction of sp³-hybridized carbons (Fsp3) is 0.647. The summed E-state index contributed by atoms with van der Waals surface area (Å²) < 4.78 is 0. The molecule has 28 nitrogen and oxygen atoms in total. The predicted octanol–water partition coefficient (Wildman–Crippen LogP) is -8.54. The zero-order valence-corrected chi connectivity index (χ0v) is 34.4. The smallest absolute Gasteiger partial charge is 0.328 e. The minimum Gasteiger partial charge on any atom is -0.481 e. The molecule has 0 aliphatic carbocycles. The van der Waals surface area contributed by atoms with Crippen molar-refractivity contribution in [1.29, 1.82) is 0 Å². The molecular formula is C34H55N9O19. The molecule has 0 unspecified atom stereocenters. The van der Waals surface area contributed by atoms with Gasteiger partial charge in [0.05, 0.1) is 38.8 Å². The van der Waals surface area contributed by atoms with Gasteiger partial charge in [0.25, 0.3) is 0 Å². The van der Waals surface area contributed by atoms with Crippen molar-refractivity contribution < 1.29 is 93.3 Å². The number of carbonyl (C=O) groups excluding carboxylic acids is 9. The number of amides is 9. The third-order valence-corrected chi connectivity index (χ3v) is 8.33. The number of hydrogen-bond acceptors (Lipinski definition) is 16. The lowest BCUT2D eigenvalue weighted by Gasteiger charge is -2.28. The van der Waals surface area contributed by atoms with Crippen molar-refractivity contribution in [2.24, 2.45) is 5.92 Å². The van der Waals surface area contributed by atoms with Crippen LogP contribution in [-0.2, 0) is 57.5 Å². The Morgan fingerprint density at radius 3 is 1.11 bits per heavy atom. The van der Waals surface area contributed by atoms with Crippen LogP contribution >= 0.6 is 0 Å². The van der Waals surface area contributed by atoms with Crippen molar-refractivity contribution in [2.75, 3.05) is 19.8 Å². The van der Waals surface area contributed by atoms with Gasteiger partial charge in [0.15, 0.2) is 0 Å². The normalized spacial score (nSPS) is 15.7. The van der Waals surface area contributed by atoms with Crippen LogP contribution in [0.4, 0.5) is 0 Å². The third kappa shape index (κ3) is 19.2. The summed E-state index contributed by atoms with van der Waals surface area (Å²) in [5.41, 5.74) is 0. The molecule has 350 valence electrons. The van der Waals surface area contributed by atoms with Crippen LogP contribution in [0.1, 0.15) is 54.4 Å². The summed E-state index contributed by atoms with van der Waals surface area (Å²) in [5.74, 6) is -15.8. The highest BCUT2D eigenvalue weighted by atomic mass is 16.4. The van der Waals surface area contributed by atoms with Crippen LogP contribution in [0.15, 0.2) is 0 Å². The molecule has 0 heterocycles. The standard InChI is InChI=1S/C34H55N9O19/c1-12(2)24(42-27(54)14(4)35-26(53)13(3)36-28(55)17(7-22(49)50)38-30(57)19(9-44)37-16(6)48)32(59)39-18(8-23(51)52)29(56)43-25(15(5)47)33(60)40-20(10-45)31(58)41-21(11-46)34(61)62/h12-15,17-21,24-25,44-47H,7-11H2,1-6H3,(H,35,53)(H,36,55)(H,37,48)(H,38,57)(H,39,59)(H,40,60)(H,41,58)(H,42,54)(H,43,56)(H,49,50)(H,51,52)(H,61,62)/t13-,14-,15+,17-,18-,19-,20-,21-,24-,25-/m0/s1. The zero-order chi connectivity index (χ0) is 48.2. The first-order valence-electron chi connectivity index (χ1n) is 18.6. The van der Waals surface area contributed by atoms with Gasteiger partial charge in [-0.05, 0) is 26.7 Å². The monoisotopic (exact) mass is 893 g/mol. The lowest BCUT2D eigenvalue weighted by atomic mass is 10.0. The highest BCUT2D eigenvalue weighted by Crippen LogP contribution is 2.07. The number of hydrogen-bond donors (Lipinski definition) is 16. The van der Waals surface area contributed by atoms with E-state index >= 15 is 0 Å². The van der Waals surface area contributed by atoms with E-state index < -0.39 is 170 Å². The number of carboxylic acids is 3. The highest BCUT2D eigenvalue weighted by molar-refractivity contribution is 5.99. The predicted molar refractivity (Wildman–Crippen MR) is 204 cm³/mol. The van der Waals surface area contributed by atoms with E-state index in [1.54, 1.807) is 0 Å². The van der Waals surface area contributed by atoms with Gasteiger partial charge in [-0.3, -0.25) is 52.7 Å². The van der Waals surface area contributed by atoms with Crippen LogP contribution in [0.25, 0.3) is 0 Å². The number of nitrogens with one attached hydrogen (secondary N) is 9. The zero-order valence-electron chi connectivity index (χ0n) is 34.4. The molecule has 0 aliphatic rings. The molecule has 62 heavy (non-hydrogen) atoms. The van der Waals surface area contributed by atoms with Crippen LogP contribution in [-0.4, -0.2) is 187 Å². The van der Waals surface area contributed by atoms with Crippen LogP contribution in [0.2, 0.25) is 0 Å². The Morgan fingerprint density at radius 1 is 0.403 bits per heavy atom. The van der Waals surface area contributed by atoms with E-state index in [0.29, 0.717) is 0 Å². The minimum atomic E-state index is -1.98. The molecule has 0 saturated heterocycles. The van der Waals surface area contributed by atoms with E-state index in [2.05, 4.69) is 31.9 Å². The summed E-state index contributed by atoms with van der Waals surface area (Å²) in [6.07, 6.45) is -3.87. The Hall–Kier alpha value is -6.52. The molecule has 0 aromatic rings. The van der Waals surface area contributed by atoms with Gasteiger partial charge in [-0.1, -0.05) is 13.8 Å². The SMILES string of the molecule is CC(=O)N[C@@H](CO)C(=O)N[C@@H](CC(=O)O)C(=O)N[C@@H](C)C(=O)N[C@@H](C)C(=O)N[C@H](C(=O)N[C@@H](CC(=O)O)C(=O)N[C@H](C(=O)N[C@@H](CO)C(=O)N[C@@H](CO)C(=O)O)[C@@H](C)O)C(C)C. The molecule has 0 aromatic carbocycles. The molecule has 10 atom stereocenters. The van der Waals surface area contributed by atoms with Crippen molar-refractivity contribution in [3.05, 3.63) is 0 Å². The molecule has 0 rings (SSSR count). The molecule has 0 aliphatic heterocycles. The van der Waals surface area contributed by atoms with Gasteiger partial charge in [0.1, 0.15) is 54.4 Å². The maximum Gasteiger partial charge on any atom is 0.328 e. The molecule has 16 N–H and O–H groups in total. The van der Waals surface area contributed by atoms with Crippen molar-refractivity contribution in [3.63, 3.8) is 0 Å². The maximum absolute atomic E-state index is 13.4. The first-order chi connectivity index (χ1) is 28.7. The minimum absolute atomic E-state index is 0.722. The first kappa shape index (κ1) is 55.5. The Labute approximate surface area is 352 Å². The number of aliphatic hydroxyl groups excluding tert-OH is 4. The van der Waals surface area contributed by atoms with Gasteiger partial charge in [-0.2, -0.15) is 0 Å². The van der Waals surface area contributed by atoms with Gasteiger partial charge in [0, 0.05) is 6.92 Å². The van der Waals surface area contributed by atoms with Gasteiger partial charge in [0.2, 0.25) is 53.2 Å². The molecule has 28 heteroatoms. The molecule has 0 aromatic heterocycles. The molecule has 0 saturated carbocycles. The Bertz CT molecular complexity index is 1680. The Balaban J connectivity index is 5.88. The fourth-order valence-electron chi connectivity index (χ4n) is 4.91. The third-order valence-electron chi connectivity index (χ3n) is 8.33. The van der Waals surface area contributed by atoms with Gasteiger partial charge >= 0.3 is 17.9 Å². The number of rotatable bonds is 27. The van der Waals surface area contributed by atoms with E-state index in [1.807, 2.05) is 16.0 Å². The summed E-state index contributed by atoms with van der Waals surface area (Å²) in [5, 5.41) is 84.9. The average molecular weight is 894 g/mol. The molecular weight excluding hydrogens is 838 g/mol. The van der Waals surface area contributed by atoms with Crippen LogP contribution in [0, 0.1) is 5.92 Å². The number of carboxylic acid groups (broad SMARTS) is 3. The molecule has 0 spiro atoms. The van der Waals surface area contributed by atoms with Crippen LogP contribution in [0.3, 0.4) is 0 Å². The van der Waals surface area contributed by atoms with E-state index in [1.165, 1.54) is 13.8 Å². The van der Waals surface area contributed by atoms with Gasteiger partial charge in [-0.15, -0.1) is 0 Å². The first-order valence-corrected chi connectivity index (χ1v) is 18.6. The number of aliphatic carboxylic acids is 3. The summed E-state index contributed by atoms with van der Waals surface area (Å²) >= 11 is 0. The lowest BCUT2D eigenvalue weighted by Crippen LogP contribution is -2.62. The second-order valence-corrected chi connectivity index (χ2v) is 14.0. The molecule has 9 amide bonds. The molecule has 0 radical (unpaired) electrons. The summed E-state index contributed by atoms with van der Waals surface area (Å²) in [4.78, 5) is 149. The quantitative estimate of drug-likeness (QED) is 0.0364. The van der Waals surface area contributed by atoms with Crippen LogP contribution in [0.5, 0.6) is 0 Å². The molecule has 0 bridgehead atoms. The van der Waals surface area contributed by atoms with E-state index in [9.17, 15) is 83.1 Å². The van der Waals surface area contributed by atoms with E-state index in [0.717, 1.165) is 27.7 Å². The Kier molecular flexibility index (Phi) is 23.8. The van der Waals surface area contributed by atoms with Gasteiger partial charge < -0.3 is 83.6 Å². The van der Waals surface area contributed by atoms with Gasteiger partial charge in [-0.25, -0.2) is 4.79 Å². The number of aliphatic hydroxyl groups is 4. The average Bonchev–Trinajstić information content (AvgIpc) is 3.16. The lowest BCUT2D eigenvalue weighted by molar-refractivity contribution is -0.144. The van der Waals surface area contributed by atoms with Crippen LogP contribution < -0.4 is 47.9 Å². The topological polar surface area (TPSA) is 455 Å². The second-order valence-electron chi connectivity index (χ2n) is 14.0. The van der Waals surface area contributed by atoms with E-state index in [-0.39, 0.29) is 0 Å². The van der Waals surface area contributed by atoms with Crippen molar-refractivity contribution >= 4 is 71.1 Å². The summed E-state index contributed by atoms with van der Waals surface area (Å²) in [7, 11) is 0. The Morgan fingerprint density at radius 2 is 0.726 bits per heavy atom.